The third-order valence-corrected chi connectivity index (χ3v) is 2.29. The highest BCUT2D eigenvalue weighted by atomic mass is 19.4. The minimum Gasteiger partial charge on any atom is -0.380 e. The standard InChI is InChI=1S/C12H15F4NO/c1-2-18-6-5-17-8-9-3-4-11(13)10(7-9)12(14,15)16/h3-4,7,17H,2,5-6,8H2,1H3. The molecule has 0 saturated heterocycles. The Morgan fingerprint density at radius 3 is 2.61 bits per heavy atom. The lowest BCUT2D eigenvalue weighted by Crippen LogP contribution is -2.19. The van der Waals surface area contributed by atoms with Gasteiger partial charge in [-0.15, -0.1) is 0 Å². The van der Waals surface area contributed by atoms with E-state index < -0.39 is 17.6 Å². The second kappa shape index (κ2) is 6.70. The molecule has 0 aliphatic rings. The van der Waals surface area contributed by atoms with Gasteiger partial charge in [0.2, 0.25) is 0 Å². The average molecular weight is 265 g/mol. The summed E-state index contributed by atoms with van der Waals surface area (Å²) in [5.74, 6) is -1.25. The van der Waals surface area contributed by atoms with Crippen LogP contribution in [-0.4, -0.2) is 19.8 Å². The van der Waals surface area contributed by atoms with Crippen LogP contribution in [0, 0.1) is 5.82 Å². The van der Waals surface area contributed by atoms with Crippen molar-refractivity contribution in [2.24, 2.45) is 0 Å². The van der Waals surface area contributed by atoms with Crippen molar-refractivity contribution in [2.75, 3.05) is 19.8 Å². The van der Waals surface area contributed by atoms with E-state index in [-0.39, 0.29) is 6.54 Å². The molecule has 1 aromatic rings. The number of halogens is 4. The van der Waals surface area contributed by atoms with Gasteiger partial charge in [-0.2, -0.15) is 13.2 Å². The Morgan fingerprint density at radius 2 is 2.00 bits per heavy atom. The summed E-state index contributed by atoms with van der Waals surface area (Å²) in [5, 5.41) is 2.92. The number of hydrogen-bond acceptors (Lipinski definition) is 2. The van der Waals surface area contributed by atoms with E-state index in [1.807, 2.05) is 6.92 Å². The first-order chi connectivity index (χ1) is 8.45. The Labute approximate surface area is 103 Å². The molecule has 0 spiro atoms. The summed E-state index contributed by atoms with van der Waals surface area (Å²) in [6.45, 7) is 3.72. The highest BCUT2D eigenvalue weighted by Gasteiger charge is 2.34. The van der Waals surface area contributed by atoms with Gasteiger partial charge in [-0.25, -0.2) is 4.39 Å². The maximum Gasteiger partial charge on any atom is 0.419 e. The first kappa shape index (κ1) is 14.9. The second-order valence-corrected chi connectivity index (χ2v) is 3.69. The summed E-state index contributed by atoms with van der Waals surface area (Å²) >= 11 is 0. The molecule has 0 atom stereocenters. The van der Waals surface area contributed by atoms with Crippen molar-refractivity contribution in [3.63, 3.8) is 0 Å². The summed E-state index contributed by atoms with van der Waals surface area (Å²) in [4.78, 5) is 0. The van der Waals surface area contributed by atoms with Crippen molar-refractivity contribution in [1.29, 1.82) is 0 Å². The predicted octanol–water partition coefficient (Wildman–Crippen LogP) is 2.97. The normalized spacial score (nSPS) is 11.8. The molecule has 0 fully saturated rings. The van der Waals surface area contributed by atoms with Gasteiger partial charge in [0, 0.05) is 19.7 Å². The van der Waals surface area contributed by atoms with Gasteiger partial charge in [0.05, 0.1) is 12.2 Å². The fourth-order valence-electron chi connectivity index (χ4n) is 1.42. The third-order valence-electron chi connectivity index (χ3n) is 2.29. The predicted molar refractivity (Wildman–Crippen MR) is 59.6 cm³/mol. The molecule has 0 aliphatic heterocycles. The van der Waals surface area contributed by atoms with E-state index in [0.717, 1.165) is 12.1 Å². The van der Waals surface area contributed by atoms with E-state index in [1.54, 1.807) is 0 Å². The van der Waals surface area contributed by atoms with E-state index >= 15 is 0 Å². The minimum atomic E-state index is -4.66. The van der Waals surface area contributed by atoms with E-state index in [1.165, 1.54) is 6.07 Å². The van der Waals surface area contributed by atoms with Gasteiger partial charge < -0.3 is 10.1 Å². The average Bonchev–Trinajstić information content (AvgIpc) is 2.29. The maximum absolute atomic E-state index is 13.0. The Bertz CT molecular complexity index is 379. The zero-order valence-electron chi connectivity index (χ0n) is 9.98. The van der Waals surface area contributed by atoms with E-state index in [0.29, 0.717) is 25.3 Å². The number of alkyl halides is 3. The van der Waals surface area contributed by atoms with Crippen LogP contribution in [0.4, 0.5) is 17.6 Å². The summed E-state index contributed by atoms with van der Waals surface area (Å²) < 4.78 is 55.4. The molecule has 0 radical (unpaired) electrons. The van der Waals surface area contributed by atoms with E-state index in [2.05, 4.69) is 5.32 Å². The summed E-state index contributed by atoms with van der Waals surface area (Å²) in [5.41, 5.74) is -0.841. The fraction of sp³-hybridized carbons (Fsp3) is 0.500. The zero-order valence-corrected chi connectivity index (χ0v) is 9.98. The zero-order chi connectivity index (χ0) is 13.6. The third kappa shape index (κ3) is 4.62. The molecule has 1 N–H and O–H groups in total. The Balaban J connectivity index is 2.57. The van der Waals surface area contributed by atoms with Crippen LogP contribution in [-0.2, 0) is 17.5 Å². The first-order valence-electron chi connectivity index (χ1n) is 5.59. The first-order valence-corrected chi connectivity index (χ1v) is 5.59. The lowest BCUT2D eigenvalue weighted by Gasteiger charge is -2.10. The van der Waals surface area contributed by atoms with Crippen LogP contribution in [0.2, 0.25) is 0 Å². The van der Waals surface area contributed by atoms with Crippen LogP contribution < -0.4 is 5.32 Å². The molecule has 0 amide bonds. The smallest absolute Gasteiger partial charge is 0.380 e. The Hall–Kier alpha value is -1.14. The van der Waals surface area contributed by atoms with Gasteiger partial charge in [0.15, 0.2) is 0 Å². The number of benzene rings is 1. The van der Waals surface area contributed by atoms with Crippen molar-refractivity contribution in [3.8, 4) is 0 Å². The second-order valence-electron chi connectivity index (χ2n) is 3.69. The Kier molecular flexibility index (Phi) is 5.55. The monoisotopic (exact) mass is 265 g/mol. The molecule has 0 bridgehead atoms. The molecule has 0 heterocycles. The van der Waals surface area contributed by atoms with Gasteiger partial charge in [-0.3, -0.25) is 0 Å². The number of hydrogen-bond donors (Lipinski definition) is 1. The lowest BCUT2D eigenvalue weighted by atomic mass is 10.1. The molecule has 102 valence electrons. The lowest BCUT2D eigenvalue weighted by molar-refractivity contribution is -0.140. The highest BCUT2D eigenvalue weighted by Crippen LogP contribution is 2.31. The van der Waals surface area contributed by atoms with Gasteiger partial charge in [-0.05, 0) is 24.6 Å². The molecule has 0 aliphatic carbocycles. The molecule has 18 heavy (non-hydrogen) atoms. The highest BCUT2D eigenvalue weighted by molar-refractivity contribution is 5.27. The minimum absolute atomic E-state index is 0.246. The molecule has 1 rings (SSSR count). The van der Waals surface area contributed by atoms with Crippen molar-refractivity contribution in [3.05, 3.63) is 35.1 Å². The molecule has 1 aromatic carbocycles. The quantitative estimate of drug-likeness (QED) is 0.630. The van der Waals surface area contributed by atoms with E-state index in [4.69, 9.17) is 4.74 Å². The number of rotatable bonds is 6. The molecular formula is C12H15F4NO. The molecule has 0 saturated carbocycles. The largest absolute Gasteiger partial charge is 0.419 e. The van der Waals surface area contributed by atoms with Crippen LogP contribution >= 0.6 is 0 Å². The van der Waals surface area contributed by atoms with Gasteiger partial charge in [0.1, 0.15) is 5.82 Å². The molecule has 6 heteroatoms. The van der Waals surface area contributed by atoms with Crippen LogP contribution in [0.3, 0.4) is 0 Å². The Morgan fingerprint density at radius 1 is 1.28 bits per heavy atom. The molecule has 0 aromatic heterocycles. The van der Waals surface area contributed by atoms with Crippen molar-refractivity contribution < 1.29 is 22.3 Å². The van der Waals surface area contributed by atoms with Crippen LogP contribution in [0.15, 0.2) is 18.2 Å². The fourth-order valence-corrected chi connectivity index (χ4v) is 1.42. The van der Waals surface area contributed by atoms with Gasteiger partial charge in [0.25, 0.3) is 0 Å². The summed E-state index contributed by atoms with van der Waals surface area (Å²) in [7, 11) is 0. The van der Waals surface area contributed by atoms with Crippen molar-refractivity contribution in [1.82, 2.24) is 5.32 Å². The van der Waals surface area contributed by atoms with Gasteiger partial charge in [-0.1, -0.05) is 6.07 Å². The van der Waals surface area contributed by atoms with Crippen LogP contribution in [0.5, 0.6) is 0 Å². The molecule has 0 unspecified atom stereocenters. The summed E-state index contributed by atoms with van der Waals surface area (Å²) in [6, 6.07) is 2.99. The van der Waals surface area contributed by atoms with Crippen molar-refractivity contribution >= 4 is 0 Å². The summed E-state index contributed by atoms with van der Waals surface area (Å²) in [6.07, 6.45) is -4.66. The SMILES string of the molecule is CCOCCNCc1ccc(F)c(C(F)(F)F)c1. The maximum atomic E-state index is 13.0. The van der Waals surface area contributed by atoms with Crippen LogP contribution in [0.25, 0.3) is 0 Å². The topological polar surface area (TPSA) is 21.3 Å². The number of ether oxygens (including phenoxy) is 1. The van der Waals surface area contributed by atoms with Crippen LogP contribution in [0.1, 0.15) is 18.1 Å². The van der Waals surface area contributed by atoms with Gasteiger partial charge >= 0.3 is 6.18 Å². The van der Waals surface area contributed by atoms with Crippen molar-refractivity contribution in [2.45, 2.75) is 19.6 Å². The number of nitrogens with one attached hydrogen (secondary N) is 1. The molecular weight excluding hydrogens is 250 g/mol. The molecule has 2 nitrogen and oxygen atoms in total. The van der Waals surface area contributed by atoms with E-state index in [9.17, 15) is 17.6 Å².